The van der Waals surface area contributed by atoms with E-state index in [1.54, 1.807) is 30.0 Å². The van der Waals surface area contributed by atoms with Crippen molar-refractivity contribution in [3.8, 4) is 0 Å². The van der Waals surface area contributed by atoms with E-state index in [4.69, 9.17) is 0 Å². The summed E-state index contributed by atoms with van der Waals surface area (Å²) in [5.74, 6) is -0.0915. The molecule has 0 aliphatic carbocycles. The number of rotatable bonds is 7. The quantitative estimate of drug-likeness (QED) is 0.715. The van der Waals surface area contributed by atoms with Crippen molar-refractivity contribution in [2.75, 3.05) is 39.6 Å². The average Bonchev–Trinajstić information content (AvgIpc) is 2.61. The van der Waals surface area contributed by atoms with Gasteiger partial charge in [-0.15, -0.1) is 0 Å². The van der Waals surface area contributed by atoms with E-state index >= 15 is 0 Å². The minimum atomic E-state index is -4.37. The fourth-order valence-corrected chi connectivity index (χ4v) is 2.83. The fraction of sp³-hybridized carbons (Fsp3) is 0.381. The molecule has 0 spiro atoms. The van der Waals surface area contributed by atoms with E-state index in [9.17, 15) is 18.0 Å². The van der Waals surface area contributed by atoms with Crippen LogP contribution < -0.4 is 4.90 Å². The molecule has 0 aliphatic heterocycles. The first kappa shape index (κ1) is 21.8. The number of benzene rings is 2. The van der Waals surface area contributed by atoms with E-state index in [2.05, 4.69) is 0 Å². The number of likely N-dealkylation sites (N-methyl/N-ethyl adjacent to an activating group) is 2. The van der Waals surface area contributed by atoms with Gasteiger partial charge in [0.2, 0.25) is 5.91 Å². The molecule has 0 aromatic heterocycles. The van der Waals surface area contributed by atoms with Crippen LogP contribution in [0.4, 0.5) is 18.9 Å². The third-order valence-electron chi connectivity index (χ3n) is 4.41. The van der Waals surface area contributed by atoms with Crippen LogP contribution in [-0.2, 0) is 24.1 Å². The number of carbonyl (C=O) groups is 1. The number of hydrogen-bond donors (Lipinski definition) is 0. The van der Waals surface area contributed by atoms with Crippen LogP contribution >= 0.6 is 0 Å². The average molecular weight is 393 g/mol. The minimum Gasteiger partial charge on any atom is -0.378 e. The third-order valence-corrected chi connectivity index (χ3v) is 4.41. The van der Waals surface area contributed by atoms with Gasteiger partial charge in [-0.3, -0.25) is 9.69 Å². The lowest BCUT2D eigenvalue weighted by Crippen LogP contribution is -2.36. The number of halogens is 3. The van der Waals surface area contributed by atoms with Crippen LogP contribution in [0.25, 0.3) is 0 Å². The molecular formula is C21H26F3N3O. The summed E-state index contributed by atoms with van der Waals surface area (Å²) >= 11 is 0. The van der Waals surface area contributed by atoms with Gasteiger partial charge >= 0.3 is 6.18 Å². The monoisotopic (exact) mass is 393 g/mol. The van der Waals surface area contributed by atoms with Gasteiger partial charge in [0, 0.05) is 39.9 Å². The van der Waals surface area contributed by atoms with Gasteiger partial charge in [-0.25, -0.2) is 0 Å². The van der Waals surface area contributed by atoms with Crippen LogP contribution in [0.2, 0.25) is 0 Å². The van der Waals surface area contributed by atoms with Gasteiger partial charge in [0.1, 0.15) is 0 Å². The lowest BCUT2D eigenvalue weighted by atomic mass is 10.1. The summed E-state index contributed by atoms with van der Waals surface area (Å²) in [6.07, 6.45) is -4.37. The smallest absolute Gasteiger partial charge is 0.378 e. The maximum Gasteiger partial charge on any atom is 0.416 e. The van der Waals surface area contributed by atoms with Crippen LogP contribution in [0.3, 0.4) is 0 Å². The number of amides is 1. The summed E-state index contributed by atoms with van der Waals surface area (Å²) in [6.45, 7) is 0.869. The molecule has 28 heavy (non-hydrogen) atoms. The molecule has 0 radical (unpaired) electrons. The zero-order valence-corrected chi connectivity index (χ0v) is 16.6. The Hall–Kier alpha value is -2.54. The predicted molar refractivity (Wildman–Crippen MR) is 105 cm³/mol. The summed E-state index contributed by atoms with van der Waals surface area (Å²) in [4.78, 5) is 17.8. The Bertz CT molecular complexity index is 788. The molecule has 4 nitrogen and oxygen atoms in total. The van der Waals surface area contributed by atoms with Crippen molar-refractivity contribution >= 4 is 11.6 Å². The van der Waals surface area contributed by atoms with Gasteiger partial charge in [-0.1, -0.05) is 30.3 Å². The van der Waals surface area contributed by atoms with Crippen molar-refractivity contribution in [2.45, 2.75) is 19.3 Å². The summed E-state index contributed by atoms with van der Waals surface area (Å²) < 4.78 is 38.5. The SMILES string of the molecule is CN(CC(=O)N(C)Cc1ccc(N(C)C)cc1)Cc1cccc(C(F)(F)F)c1. The molecule has 0 unspecified atom stereocenters. The Kier molecular flexibility index (Phi) is 7.07. The first-order valence-electron chi connectivity index (χ1n) is 8.91. The highest BCUT2D eigenvalue weighted by molar-refractivity contribution is 5.78. The van der Waals surface area contributed by atoms with E-state index in [1.165, 1.54) is 6.07 Å². The Morgan fingerprint density at radius 3 is 2.11 bits per heavy atom. The van der Waals surface area contributed by atoms with Crippen molar-refractivity contribution in [1.29, 1.82) is 0 Å². The van der Waals surface area contributed by atoms with E-state index in [1.807, 2.05) is 43.3 Å². The Balaban J connectivity index is 1.91. The Labute approximate surface area is 164 Å². The highest BCUT2D eigenvalue weighted by Gasteiger charge is 2.30. The van der Waals surface area contributed by atoms with Crippen LogP contribution in [0, 0.1) is 0 Å². The number of anilines is 1. The van der Waals surface area contributed by atoms with Crippen molar-refractivity contribution in [3.63, 3.8) is 0 Å². The normalized spacial score (nSPS) is 11.6. The first-order valence-corrected chi connectivity index (χ1v) is 8.91. The van der Waals surface area contributed by atoms with Gasteiger partial charge in [-0.2, -0.15) is 13.2 Å². The van der Waals surface area contributed by atoms with E-state index in [-0.39, 0.29) is 19.0 Å². The number of carbonyl (C=O) groups excluding carboxylic acids is 1. The van der Waals surface area contributed by atoms with Crippen LogP contribution in [0.5, 0.6) is 0 Å². The summed E-state index contributed by atoms with van der Waals surface area (Å²) in [6, 6.07) is 13.1. The number of nitrogens with zero attached hydrogens (tertiary/aromatic N) is 3. The lowest BCUT2D eigenvalue weighted by molar-refractivity contribution is -0.137. The molecule has 0 bridgehead atoms. The Morgan fingerprint density at radius 2 is 1.54 bits per heavy atom. The molecular weight excluding hydrogens is 367 g/mol. The maximum absolute atomic E-state index is 12.8. The van der Waals surface area contributed by atoms with Crippen molar-refractivity contribution in [2.24, 2.45) is 0 Å². The molecule has 0 atom stereocenters. The molecule has 2 rings (SSSR count). The Morgan fingerprint density at radius 1 is 0.893 bits per heavy atom. The molecule has 2 aromatic rings. The standard InChI is InChI=1S/C21H26F3N3O/c1-25(2)19-10-8-16(9-11-19)14-27(4)20(28)15-26(3)13-17-6-5-7-18(12-17)21(22,23)24/h5-12H,13-15H2,1-4H3. The first-order chi connectivity index (χ1) is 13.1. The van der Waals surface area contributed by atoms with Gasteiger partial charge in [0.25, 0.3) is 0 Å². The second kappa shape index (κ2) is 9.10. The molecule has 0 aliphatic rings. The third kappa shape index (κ3) is 6.27. The topological polar surface area (TPSA) is 26.8 Å². The molecule has 0 heterocycles. The molecule has 0 saturated carbocycles. The van der Waals surface area contributed by atoms with Crippen LogP contribution in [0.15, 0.2) is 48.5 Å². The fourth-order valence-electron chi connectivity index (χ4n) is 2.83. The summed E-state index contributed by atoms with van der Waals surface area (Å²) in [5.41, 5.74) is 1.94. The molecule has 152 valence electrons. The van der Waals surface area contributed by atoms with Crippen molar-refractivity contribution < 1.29 is 18.0 Å². The molecule has 2 aromatic carbocycles. The second-order valence-electron chi connectivity index (χ2n) is 7.18. The largest absolute Gasteiger partial charge is 0.416 e. The number of alkyl halides is 3. The van der Waals surface area contributed by atoms with E-state index in [0.717, 1.165) is 23.4 Å². The van der Waals surface area contributed by atoms with E-state index < -0.39 is 11.7 Å². The zero-order chi connectivity index (χ0) is 20.9. The molecule has 0 saturated heterocycles. The highest BCUT2D eigenvalue weighted by Crippen LogP contribution is 2.29. The lowest BCUT2D eigenvalue weighted by Gasteiger charge is -2.22. The van der Waals surface area contributed by atoms with Gasteiger partial charge < -0.3 is 9.80 Å². The van der Waals surface area contributed by atoms with Gasteiger partial charge in [-0.05, 0) is 36.4 Å². The van der Waals surface area contributed by atoms with E-state index in [0.29, 0.717) is 12.1 Å². The zero-order valence-electron chi connectivity index (χ0n) is 16.6. The van der Waals surface area contributed by atoms with Gasteiger partial charge in [0.05, 0.1) is 12.1 Å². The van der Waals surface area contributed by atoms with Gasteiger partial charge in [0.15, 0.2) is 0 Å². The molecule has 0 fully saturated rings. The molecule has 1 amide bonds. The summed E-state index contributed by atoms with van der Waals surface area (Å²) in [5, 5.41) is 0. The van der Waals surface area contributed by atoms with Crippen LogP contribution in [0.1, 0.15) is 16.7 Å². The number of hydrogen-bond acceptors (Lipinski definition) is 3. The van der Waals surface area contributed by atoms with Crippen molar-refractivity contribution in [1.82, 2.24) is 9.80 Å². The van der Waals surface area contributed by atoms with Crippen molar-refractivity contribution in [3.05, 3.63) is 65.2 Å². The molecule has 7 heteroatoms. The molecule has 0 N–H and O–H groups in total. The summed E-state index contributed by atoms with van der Waals surface area (Å²) in [7, 11) is 7.37. The minimum absolute atomic E-state index is 0.0915. The second-order valence-corrected chi connectivity index (χ2v) is 7.18. The van der Waals surface area contributed by atoms with Crippen LogP contribution in [-0.4, -0.2) is 50.4 Å². The highest BCUT2D eigenvalue weighted by atomic mass is 19.4. The predicted octanol–water partition coefficient (Wildman–Crippen LogP) is 3.86. The maximum atomic E-state index is 12.8.